The van der Waals surface area contributed by atoms with Crippen molar-refractivity contribution in [1.82, 2.24) is 24.5 Å². The molecule has 0 radical (unpaired) electrons. The van der Waals surface area contributed by atoms with Crippen molar-refractivity contribution in [2.24, 2.45) is 0 Å². The van der Waals surface area contributed by atoms with Crippen molar-refractivity contribution >= 4 is 26.7 Å². The number of hydrogen-bond acceptors (Lipinski definition) is 7. The summed E-state index contributed by atoms with van der Waals surface area (Å²) in [7, 11) is -3.52. The predicted molar refractivity (Wildman–Crippen MR) is 109 cm³/mol. The molecule has 3 heterocycles. The van der Waals surface area contributed by atoms with Crippen LogP contribution in [0.5, 0.6) is 0 Å². The first kappa shape index (κ1) is 20.2. The third-order valence-electron chi connectivity index (χ3n) is 4.84. The average molecular weight is 403 g/mol. The molecule has 0 atom stereocenters. The summed E-state index contributed by atoms with van der Waals surface area (Å²) in [6.07, 6.45) is 6.19. The number of hydrogen-bond donors (Lipinski definition) is 1. The Balaban J connectivity index is 1.91. The maximum absolute atomic E-state index is 12.5. The molecule has 0 aliphatic heterocycles. The number of unbranched alkanes of at least 4 members (excludes halogenated alkanes) is 1. The Hall–Kier alpha value is -2.55. The fraction of sp³-hybridized carbons (Fsp3) is 0.474. The number of sulfone groups is 1. The first-order valence-corrected chi connectivity index (χ1v) is 11.1. The van der Waals surface area contributed by atoms with Crippen LogP contribution in [0.25, 0.3) is 11.0 Å². The van der Waals surface area contributed by atoms with E-state index in [1.165, 1.54) is 12.4 Å². The smallest absolute Gasteiger partial charge is 0.246 e. The van der Waals surface area contributed by atoms with Gasteiger partial charge >= 0.3 is 0 Å². The molecular weight excluding hydrogens is 376 g/mol. The molecule has 0 fully saturated rings. The molecule has 8 nitrogen and oxygen atoms in total. The lowest BCUT2D eigenvalue weighted by Gasteiger charge is -2.12. The Labute approximate surface area is 165 Å². The van der Waals surface area contributed by atoms with Gasteiger partial charge in [-0.3, -0.25) is 0 Å². The SMILES string of the molecule is CCCCc1nc2c(N)nc(C)c(C)c2n1CCCS(=O)(=O)c1ncccn1. The Kier molecular flexibility index (Phi) is 5.93. The first-order chi connectivity index (χ1) is 13.3. The number of anilines is 1. The van der Waals surface area contributed by atoms with Crippen LogP contribution in [0.3, 0.4) is 0 Å². The molecule has 0 spiro atoms. The third kappa shape index (κ3) is 3.99. The van der Waals surface area contributed by atoms with Crippen molar-refractivity contribution < 1.29 is 8.42 Å². The molecule has 150 valence electrons. The predicted octanol–water partition coefficient (Wildman–Crippen LogP) is 2.63. The van der Waals surface area contributed by atoms with E-state index in [0.29, 0.717) is 24.3 Å². The zero-order chi connectivity index (χ0) is 20.3. The van der Waals surface area contributed by atoms with Gasteiger partial charge in [-0.15, -0.1) is 0 Å². The van der Waals surface area contributed by atoms with Crippen LogP contribution in [0.4, 0.5) is 5.82 Å². The van der Waals surface area contributed by atoms with E-state index in [-0.39, 0.29) is 10.9 Å². The van der Waals surface area contributed by atoms with Gasteiger partial charge in [-0.05, 0) is 38.3 Å². The highest BCUT2D eigenvalue weighted by atomic mass is 32.2. The topological polar surface area (TPSA) is 117 Å². The van der Waals surface area contributed by atoms with E-state index in [0.717, 1.165) is 41.9 Å². The molecule has 3 rings (SSSR count). The van der Waals surface area contributed by atoms with Crippen LogP contribution < -0.4 is 5.73 Å². The summed E-state index contributed by atoms with van der Waals surface area (Å²) in [5.41, 5.74) is 9.64. The number of nitrogens with two attached hydrogens (primary N) is 1. The van der Waals surface area contributed by atoms with Crippen LogP contribution in [0, 0.1) is 13.8 Å². The lowest BCUT2D eigenvalue weighted by molar-refractivity contribution is 0.575. The molecule has 0 bridgehead atoms. The van der Waals surface area contributed by atoms with Crippen LogP contribution in [0.1, 0.15) is 43.3 Å². The largest absolute Gasteiger partial charge is 0.382 e. The van der Waals surface area contributed by atoms with Crippen molar-refractivity contribution in [3.63, 3.8) is 0 Å². The van der Waals surface area contributed by atoms with Crippen LogP contribution in [-0.4, -0.2) is 38.7 Å². The number of imidazole rings is 1. The van der Waals surface area contributed by atoms with E-state index in [2.05, 4.69) is 26.4 Å². The second kappa shape index (κ2) is 8.22. The Morgan fingerprint density at radius 2 is 1.82 bits per heavy atom. The average Bonchev–Trinajstić information content (AvgIpc) is 3.04. The minimum Gasteiger partial charge on any atom is -0.382 e. The van der Waals surface area contributed by atoms with Crippen LogP contribution in [0.15, 0.2) is 23.6 Å². The minimum atomic E-state index is -3.52. The van der Waals surface area contributed by atoms with E-state index >= 15 is 0 Å². The molecule has 28 heavy (non-hydrogen) atoms. The summed E-state index contributed by atoms with van der Waals surface area (Å²) in [5.74, 6) is 1.31. The normalized spacial score (nSPS) is 12.0. The fourth-order valence-electron chi connectivity index (χ4n) is 3.26. The molecule has 0 saturated carbocycles. The Morgan fingerprint density at radius 3 is 2.50 bits per heavy atom. The molecular formula is C19H26N6O2S. The number of fused-ring (bicyclic) bond motifs is 1. The summed E-state index contributed by atoms with van der Waals surface area (Å²) in [4.78, 5) is 16.8. The van der Waals surface area contributed by atoms with Gasteiger partial charge in [-0.2, -0.15) is 0 Å². The molecule has 0 aliphatic rings. The van der Waals surface area contributed by atoms with Crippen molar-refractivity contribution in [2.45, 2.75) is 58.2 Å². The second-order valence-electron chi connectivity index (χ2n) is 6.89. The lowest BCUT2D eigenvalue weighted by atomic mass is 10.2. The van der Waals surface area contributed by atoms with Gasteiger partial charge in [0.05, 0.1) is 11.3 Å². The van der Waals surface area contributed by atoms with Gasteiger partial charge in [-0.1, -0.05) is 13.3 Å². The van der Waals surface area contributed by atoms with E-state index in [1.54, 1.807) is 6.07 Å². The molecule has 0 unspecified atom stereocenters. The molecule has 3 aromatic rings. The van der Waals surface area contributed by atoms with Crippen LogP contribution in [0.2, 0.25) is 0 Å². The first-order valence-electron chi connectivity index (χ1n) is 9.46. The number of aryl methyl sites for hydroxylation is 4. The Bertz CT molecular complexity index is 1080. The third-order valence-corrected chi connectivity index (χ3v) is 6.44. The summed E-state index contributed by atoms with van der Waals surface area (Å²) in [6, 6.07) is 1.60. The Morgan fingerprint density at radius 1 is 1.11 bits per heavy atom. The summed E-state index contributed by atoms with van der Waals surface area (Å²) < 4.78 is 27.1. The number of aromatic nitrogens is 5. The number of nitrogen functional groups attached to an aromatic ring is 1. The van der Waals surface area contributed by atoms with Gasteiger partial charge in [0.1, 0.15) is 11.3 Å². The zero-order valence-corrected chi connectivity index (χ0v) is 17.3. The van der Waals surface area contributed by atoms with Crippen molar-refractivity contribution in [3.8, 4) is 0 Å². The molecule has 9 heteroatoms. The summed E-state index contributed by atoms with van der Waals surface area (Å²) in [5, 5.41) is -0.128. The quantitative estimate of drug-likeness (QED) is 0.576. The molecule has 3 aromatic heterocycles. The fourth-order valence-corrected chi connectivity index (χ4v) is 4.40. The second-order valence-corrected chi connectivity index (χ2v) is 8.89. The van der Waals surface area contributed by atoms with Gasteiger partial charge in [0.25, 0.3) is 0 Å². The van der Waals surface area contributed by atoms with E-state index in [1.807, 2.05) is 13.8 Å². The van der Waals surface area contributed by atoms with Gasteiger partial charge in [0.15, 0.2) is 5.82 Å². The molecule has 0 saturated heterocycles. The van der Waals surface area contributed by atoms with E-state index in [9.17, 15) is 8.42 Å². The van der Waals surface area contributed by atoms with Gasteiger partial charge < -0.3 is 10.3 Å². The molecule has 0 aliphatic carbocycles. The van der Waals surface area contributed by atoms with Crippen molar-refractivity contribution in [2.75, 3.05) is 11.5 Å². The van der Waals surface area contributed by atoms with E-state index < -0.39 is 9.84 Å². The molecule has 0 amide bonds. The maximum Gasteiger partial charge on any atom is 0.246 e. The highest BCUT2D eigenvalue weighted by Gasteiger charge is 2.20. The lowest BCUT2D eigenvalue weighted by Crippen LogP contribution is -2.14. The standard InChI is InChI=1S/C19H26N6O2S/c1-4-5-8-15-24-16-17(13(2)14(3)23-18(16)20)25(15)11-7-12-28(26,27)19-21-9-6-10-22-19/h6,9-10H,4-5,7-8,11-12H2,1-3H3,(H2,20,23). The zero-order valence-electron chi connectivity index (χ0n) is 16.5. The van der Waals surface area contributed by atoms with Gasteiger partial charge in [0.2, 0.25) is 15.0 Å². The summed E-state index contributed by atoms with van der Waals surface area (Å²) in [6.45, 7) is 6.59. The van der Waals surface area contributed by atoms with E-state index in [4.69, 9.17) is 10.7 Å². The van der Waals surface area contributed by atoms with Crippen LogP contribution in [-0.2, 0) is 22.8 Å². The summed E-state index contributed by atoms with van der Waals surface area (Å²) >= 11 is 0. The molecule has 2 N–H and O–H groups in total. The van der Waals surface area contributed by atoms with Crippen molar-refractivity contribution in [1.29, 1.82) is 0 Å². The number of nitrogens with zero attached hydrogens (tertiary/aromatic N) is 5. The maximum atomic E-state index is 12.5. The van der Waals surface area contributed by atoms with Crippen molar-refractivity contribution in [3.05, 3.63) is 35.5 Å². The highest BCUT2D eigenvalue weighted by Crippen LogP contribution is 2.27. The highest BCUT2D eigenvalue weighted by molar-refractivity contribution is 7.91. The number of rotatable bonds is 8. The molecule has 0 aromatic carbocycles. The van der Waals surface area contributed by atoms with Crippen LogP contribution >= 0.6 is 0 Å². The van der Waals surface area contributed by atoms with Gasteiger partial charge in [0, 0.05) is 31.1 Å². The number of pyridine rings is 1. The monoisotopic (exact) mass is 402 g/mol. The van der Waals surface area contributed by atoms with Gasteiger partial charge in [-0.25, -0.2) is 28.4 Å². The minimum absolute atomic E-state index is 0.0253.